The van der Waals surface area contributed by atoms with Crippen LogP contribution >= 0.6 is 11.3 Å². The van der Waals surface area contributed by atoms with Gasteiger partial charge >= 0.3 is 0 Å². The van der Waals surface area contributed by atoms with Crippen LogP contribution in [0, 0.1) is 6.92 Å². The van der Waals surface area contributed by atoms with Crippen molar-refractivity contribution in [1.29, 1.82) is 0 Å². The lowest BCUT2D eigenvalue weighted by Crippen LogP contribution is -1.92. The second-order valence-corrected chi connectivity index (χ2v) is 3.66. The van der Waals surface area contributed by atoms with Crippen molar-refractivity contribution in [2.24, 2.45) is 0 Å². The number of thiophene rings is 1. The van der Waals surface area contributed by atoms with E-state index in [0.29, 0.717) is 0 Å². The van der Waals surface area contributed by atoms with E-state index in [2.05, 4.69) is 42.6 Å². The molecule has 0 aliphatic rings. The van der Waals surface area contributed by atoms with Crippen LogP contribution in [0.5, 0.6) is 0 Å². The van der Waals surface area contributed by atoms with Crippen molar-refractivity contribution in [2.75, 3.05) is 11.9 Å². The molecule has 1 radical (unpaired) electrons. The minimum atomic E-state index is 0.743. The summed E-state index contributed by atoms with van der Waals surface area (Å²) in [6.45, 7) is 4.49. The quantitative estimate of drug-likeness (QED) is 0.741. The molecule has 0 spiro atoms. The fourth-order valence-electron chi connectivity index (χ4n) is 1.19. The second-order valence-electron chi connectivity index (χ2n) is 2.58. The third-order valence-electron chi connectivity index (χ3n) is 1.72. The van der Waals surface area contributed by atoms with Crippen LogP contribution in [0.15, 0.2) is 30.3 Å². The summed E-state index contributed by atoms with van der Waals surface area (Å²) in [7, 11) is 0. The molecule has 0 aliphatic heterocycles. The number of nitrogens with one attached hydrogen (secondary N) is 1. The molecule has 0 bridgehead atoms. The number of hydrogen-bond acceptors (Lipinski definition) is 2. The Balaban J connectivity index is 2.47. The summed E-state index contributed by atoms with van der Waals surface area (Å²) in [5, 5.41) is 5.71. The summed E-state index contributed by atoms with van der Waals surface area (Å²) < 4.78 is 1.33. The van der Waals surface area contributed by atoms with Crippen LogP contribution < -0.4 is 5.32 Å². The van der Waals surface area contributed by atoms with Gasteiger partial charge in [0.05, 0.1) is 5.00 Å². The maximum Gasteiger partial charge on any atom is 0.0894 e. The van der Waals surface area contributed by atoms with Gasteiger partial charge in [0.15, 0.2) is 0 Å². The highest BCUT2D eigenvalue weighted by Gasteiger charge is 1.97. The smallest absolute Gasteiger partial charge is 0.0894 e. The molecule has 2 rings (SSSR count). The number of fused-ring (bicyclic) bond motifs is 1. The lowest BCUT2D eigenvalue weighted by Gasteiger charge is -1.93. The average Bonchev–Trinajstić information content (AvgIpc) is 2.47. The van der Waals surface area contributed by atoms with E-state index in [0.717, 1.165) is 6.54 Å². The van der Waals surface area contributed by atoms with Gasteiger partial charge in [-0.1, -0.05) is 18.2 Å². The van der Waals surface area contributed by atoms with E-state index in [1.807, 2.05) is 0 Å². The molecule has 2 aromatic rings. The molecule has 1 N–H and O–H groups in total. The minimum absolute atomic E-state index is 0.743. The van der Waals surface area contributed by atoms with Crippen molar-refractivity contribution >= 4 is 26.4 Å². The van der Waals surface area contributed by atoms with Crippen LogP contribution in [0.2, 0.25) is 0 Å². The minimum Gasteiger partial charge on any atom is -0.377 e. The zero-order chi connectivity index (χ0) is 8.39. The first-order chi connectivity index (χ1) is 5.90. The van der Waals surface area contributed by atoms with Crippen LogP contribution in [0.3, 0.4) is 0 Å². The summed E-state index contributed by atoms with van der Waals surface area (Å²) in [6, 6.07) is 10.5. The first-order valence-electron chi connectivity index (χ1n) is 3.92. The monoisotopic (exact) mass is 176 g/mol. The molecular weight excluding hydrogens is 166 g/mol. The van der Waals surface area contributed by atoms with Gasteiger partial charge < -0.3 is 5.32 Å². The summed E-state index contributed by atoms with van der Waals surface area (Å²) in [5.41, 5.74) is 0. The van der Waals surface area contributed by atoms with Gasteiger partial charge in [-0.15, -0.1) is 11.3 Å². The highest BCUT2D eigenvalue weighted by atomic mass is 32.1. The van der Waals surface area contributed by atoms with Crippen molar-refractivity contribution in [1.82, 2.24) is 0 Å². The van der Waals surface area contributed by atoms with E-state index >= 15 is 0 Å². The van der Waals surface area contributed by atoms with Crippen LogP contribution in [0.1, 0.15) is 0 Å². The number of rotatable bonds is 2. The average molecular weight is 176 g/mol. The standard InChI is InChI=1S/C10H10NS/c1-2-11-10-7-8-5-3-4-6-9(8)12-10/h3-7,11H,1-2H2. The topological polar surface area (TPSA) is 12.0 Å². The number of anilines is 1. The van der Waals surface area contributed by atoms with Crippen LogP contribution in [0.25, 0.3) is 10.1 Å². The predicted molar refractivity (Wildman–Crippen MR) is 55.7 cm³/mol. The Morgan fingerprint density at radius 1 is 1.33 bits per heavy atom. The zero-order valence-corrected chi connectivity index (χ0v) is 7.53. The fourth-order valence-corrected chi connectivity index (χ4v) is 2.18. The first-order valence-corrected chi connectivity index (χ1v) is 4.73. The molecule has 1 heterocycles. The van der Waals surface area contributed by atoms with Gasteiger partial charge in [0.25, 0.3) is 0 Å². The van der Waals surface area contributed by atoms with E-state index in [9.17, 15) is 0 Å². The number of hydrogen-bond donors (Lipinski definition) is 1. The van der Waals surface area contributed by atoms with Gasteiger partial charge in [-0.3, -0.25) is 0 Å². The van der Waals surface area contributed by atoms with E-state index in [-0.39, 0.29) is 0 Å². The molecule has 1 aromatic carbocycles. The third-order valence-corrected chi connectivity index (χ3v) is 2.80. The van der Waals surface area contributed by atoms with Gasteiger partial charge in [-0.05, 0) is 24.4 Å². The largest absolute Gasteiger partial charge is 0.377 e. The molecule has 1 aromatic heterocycles. The molecule has 0 saturated carbocycles. The maximum absolute atomic E-state index is 3.75. The summed E-state index contributed by atoms with van der Waals surface area (Å²) >= 11 is 1.77. The first kappa shape index (κ1) is 7.62. The van der Waals surface area contributed by atoms with Gasteiger partial charge in [-0.2, -0.15) is 0 Å². The normalized spacial score (nSPS) is 10.4. The van der Waals surface area contributed by atoms with Crippen LogP contribution in [-0.2, 0) is 0 Å². The van der Waals surface area contributed by atoms with Crippen molar-refractivity contribution in [3.8, 4) is 0 Å². The van der Waals surface area contributed by atoms with Crippen molar-refractivity contribution < 1.29 is 0 Å². The summed E-state index contributed by atoms with van der Waals surface area (Å²) in [5.74, 6) is 0. The highest BCUT2D eigenvalue weighted by molar-refractivity contribution is 7.22. The molecule has 0 atom stereocenters. The molecule has 1 nitrogen and oxygen atoms in total. The lowest BCUT2D eigenvalue weighted by molar-refractivity contribution is 1.37. The molecule has 61 valence electrons. The van der Waals surface area contributed by atoms with Gasteiger partial charge in [0.2, 0.25) is 0 Å². The summed E-state index contributed by atoms with van der Waals surface area (Å²) in [6.07, 6.45) is 0. The van der Waals surface area contributed by atoms with E-state index in [4.69, 9.17) is 0 Å². The maximum atomic E-state index is 3.75. The molecule has 0 saturated heterocycles. The Morgan fingerprint density at radius 3 is 2.92 bits per heavy atom. The molecular formula is C10H10NS. The molecule has 2 heteroatoms. The van der Waals surface area contributed by atoms with Gasteiger partial charge in [-0.25, -0.2) is 0 Å². The number of benzene rings is 1. The van der Waals surface area contributed by atoms with Crippen LogP contribution in [0.4, 0.5) is 5.00 Å². The van der Waals surface area contributed by atoms with Crippen LogP contribution in [-0.4, -0.2) is 6.54 Å². The van der Waals surface area contributed by atoms with E-state index < -0.39 is 0 Å². The van der Waals surface area contributed by atoms with Crippen molar-refractivity contribution in [3.05, 3.63) is 37.3 Å². The predicted octanol–water partition coefficient (Wildman–Crippen LogP) is 3.15. The molecule has 0 unspecified atom stereocenters. The van der Waals surface area contributed by atoms with E-state index in [1.54, 1.807) is 11.3 Å². The second kappa shape index (κ2) is 3.15. The van der Waals surface area contributed by atoms with Crippen molar-refractivity contribution in [3.63, 3.8) is 0 Å². The molecule has 0 aliphatic carbocycles. The Morgan fingerprint density at radius 2 is 2.17 bits per heavy atom. The van der Waals surface area contributed by atoms with Crippen molar-refractivity contribution in [2.45, 2.75) is 0 Å². The third kappa shape index (κ3) is 1.30. The molecule has 0 fully saturated rings. The molecule has 12 heavy (non-hydrogen) atoms. The van der Waals surface area contributed by atoms with Gasteiger partial charge in [0.1, 0.15) is 0 Å². The zero-order valence-electron chi connectivity index (χ0n) is 6.71. The highest BCUT2D eigenvalue weighted by Crippen LogP contribution is 2.28. The Kier molecular flexibility index (Phi) is 2.00. The molecule has 0 amide bonds. The fraction of sp³-hybridized carbons (Fsp3) is 0.100. The Hall–Kier alpha value is -1.02. The summed E-state index contributed by atoms with van der Waals surface area (Å²) in [4.78, 5) is 0. The van der Waals surface area contributed by atoms with E-state index in [1.165, 1.54) is 15.1 Å². The Bertz CT molecular complexity index is 345. The lowest BCUT2D eigenvalue weighted by atomic mass is 10.3. The SMILES string of the molecule is [CH2]CNc1cc2ccccc2s1. The Labute approximate surface area is 76.0 Å². The van der Waals surface area contributed by atoms with Gasteiger partial charge in [0, 0.05) is 11.2 Å².